The van der Waals surface area contributed by atoms with Gasteiger partial charge >= 0.3 is 6.09 Å². The van der Waals surface area contributed by atoms with Gasteiger partial charge in [-0.1, -0.05) is 41.9 Å². The van der Waals surface area contributed by atoms with Crippen LogP contribution in [0.25, 0.3) is 10.8 Å². The number of hydrogen-bond acceptors (Lipinski definition) is 3. The molecule has 2 heterocycles. The van der Waals surface area contributed by atoms with Crippen LogP contribution in [-0.4, -0.2) is 38.5 Å². The van der Waals surface area contributed by atoms with Crippen LogP contribution in [0.3, 0.4) is 0 Å². The Morgan fingerprint density at radius 2 is 1.86 bits per heavy atom. The first kappa shape index (κ1) is 18.5. The predicted molar refractivity (Wildman–Crippen MR) is 108 cm³/mol. The highest BCUT2D eigenvalue weighted by atomic mass is 35.5. The Morgan fingerprint density at radius 3 is 2.57 bits per heavy atom. The minimum absolute atomic E-state index is 0.187. The van der Waals surface area contributed by atoms with Gasteiger partial charge in [-0.15, -0.1) is 0 Å². The zero-order valence-electron chi connectivity index (χ0n) is 15.2. The molecular formula is C21H20ClN3O3. The minimum Gasteiger partial charge on any atom is -0.465 e. The van der Waals surface area contributed by atoms with Crippen molar-refractivity contribution in [3.8, 4) is 0 Å². The zero-order valence-corrected chi connectivity index (χ0v) is 16.0. The zero-order chi connectivity index (χ0) is 19.7. The number of fused-ring (bicyclic) bond motifs is 1. The monoisotopic (exact) mass is 397 g/mol. The van der Waals surface area contributed by atoms with Crippen molar-refractivity contribution in [2.75, 3.05) is 6.54 Å². The van der Waals surface area contributed by atoms with E-state index < -0.39 is 6.09 Å². The van der Waals surface area contributed by atoms with Gasteiger partial charge in [0.05, 0.1) is 23.7 Å². The van der Waals surface area contributed by atoms with E-state index in [1.54, 1.807) is 6.07 Å². The van der Waals surface area contributed by atoms with E-state index in [4.69, 9.17) is 11.6 Å². The Morgan fingerprint density at radius 1 is 1.14 bits per heavy atom. The second-order valence-corrected chi connectivity index (χ2v) is 7.49. The molecule has 3 aromatic rings. The second kappa shape index (κ2) is 7.64. The van der Waals surface area contributed by atoms with E-state index in [1.807, 2.05) is 42.5 Å². The van der Waals surface area contributed by atoms with Crippen molar-refractivity contribution in [3.63, 3.8) is 0 Å². The molecule has 0 radical (unpaired) electrons. The molecule has 1 aliphatic heterocycles. The van der Waals surface area contributed by atoms with Crippen LogP contribution in [0.5, 0.6) is 0 Å². The molecule has 144 valence electrons. The van der Waals surface area contributed by atoms with Crippen molar-refractivity contribution >= 4 is 28.5 Å². The van der Waals surface area contributed by atoms with Crippen molar-refractivity contribution in [1.29, 1.82) is 0 Å². The van der Waals surface area contributed by atoms with Gasteiger partial charge < -0.3 is 10.0 Å². The normalized spacial score (nSPS) is 16.6. The van der Waals surface area contributed by atoms with Crippen molar-refractivity contribution in [3.05, 3.63) is 75.2 Å². The fourth-order valence-corrected chi connectivity index (χ4v) is 3.96. The summed E-state index contributed by atoms with van der Waals surface area (Å²) in [7, 11) is 0. The van der Waals surface area contributed by atoms with Crippen LogP contribution in [-0.2, 0) is 13.0 Å². The first-order valence-electron chi connectivity index (χ1n) is 9.25. The van der Waals surface area contributed by atoms with Crippen molar-refractivity contribution < 1.29 is 9.90 Å². The van der Waals surface area contributed by atoms with Gasteiger partial charge in [-0.3, -0.25) is 4.79 Å². The highest BCUT2D eigenvalue weighted by Crippen LogP contribution is 2.21. The summed E-state index contributed by atoms with van der Waals surface area (Å²) in [6.07, 6.45) is 1.15. The molecule has 1 aliphatic rings. The van der Waals surface area contributed by atoms with E-state index in [2.05, 4.69) is 5.10 Å². The van der Waals surface area contributed by atoms with Gasteiger partial charge in [0.15, 0.2) is 0 Å². The van der Waals surface area contributed by atoms with Crippen LogP contribution in [0, 0.1) is 0 Å². The van der Waals surface area contributed by atoms with Crippen LogP contribution in [0.15, 0.2) is 53.3 Å². The number of halogens is 1. The topological polar surface area (TPSA) is 75.4 Å². The maximum atomic E-state index is 13.0. The number of benzene rings is 2. The van der Waals surface area contributed by atoms with Crippen molar-refractivity contribution in [2.24, 2.45) is 0 Å². The van der Waals surface area contributed by atoms with Crippen molar-refractivity contribution in [2.45, 2.75) is 31.8 Å². The third kappa shape index (κ3) is 3.60. The summed E-state index contributed by atoms with van der Waals surface area (Å²) >= 11 is 5.98. The molecule has 28 heavy (non-hydrogen) atoms. The van der Waals surface area contributed by atoms with Crippen LogP contribution in [0.1, 0.15) is 24.1 Å². The lowest BCUT2D eigenvalue weighted by molar-refractivity contribution is 0.135. The molecule has 1 amide bonds. The van der Waals surface area contributed by atoms with Gasteiger partial charge in [0, 0.05) is 23.4 Å². The molecule has 1 fully saturated rings. The lowest BCUT2D eigenvalue weighted by Gasteiger charge is -2.22. The van der Waals surface area contributed by atoms with Crippen LogP contribution >= 0.6 is 11.6 Å². The first-order valence-corrected chi connectivity index (χ1v) is 9.63. The second-order valence-electron chi connectivity index (χ2n) is 7.05. The smallest absolute Gasteiger partial charge is 0.407 e. The lowest BCUT2D eigenvalue weighted by atomic mass is 10.0. The Bertz CT molecular complexity index is 1080. The number of amides is 1. The van der Waals surface area contributed by atoms with Gasteiger partial charge in [0.2, 0.25) is 0 Å². The van der Waals surface area contributed by atoms with Gasteiger partial charge in [0.25, 0.3) is 5.56 Å². The highest BCUT2D eigenvalue weighted by molar-refractivity contribution is 6.30. The third-order valence-electron chi connectivity index (χ3n) is 5.24. The Kier molecular flexibility index (Phi) is 5.05. The minimum atomic E-state index is -0.947. The number of carboxylic acid groups (broad SMARTS) is 1. The molecular weight excluding hydrogens is 378 g/mol. The summed E-state index contributed by atoms with van der Waals surface area (Å²) in [6, 6.07) is 14.7. The standard InChI is InChI=1S/C21H20ClN3O3/c22-15-9-7-14(8-10-15)12-19-17-5-1-2-6-18(17)20(26)25(23-19)13-16-4-3-11-24(16)21(27)28/h1-2,5-10,16H,3-4,11-13H2,(H,27,28)/t16-/m0/s1. The third-order valence-corrected chi connectivity index (χ3v) is 5.49. The molecule has 0 saturated carbocycles. The number of carbonyl (C=O) groups is 1. The molecule has 2 aromatic carbocycles. The molecule has 6 nitrogen and oxygen atoms in total. The molecule has 0 spiro atoms. The van der Waals surface area contributed by atoms with E-state index in [-0.39, 0.29) is 18.1 Å². The number of aromatic nitrogens is 2. The Labute approximate surface area is 167 Å². The SMILES string of the molecule is O=C(O)N1CCC[C@H]1Cn1nc(Cc2ccc(Cl)cc2)c2ccccc2c1=O. The predicted octanol–water partition coefficient (Wildman–Crippen LogP) is 3.78. The fraction of sp³-hybridized carbons (Fsp3) is 0.286. The average Bonchev–Trinajstić information content (AvgIpc) is 3.16. The maximum absolute atomic E-state index is 13.0. The molecule has 0 aliphatic carbocycles. The molecule has 1 saturated heterocycles. The van der Waals surface area contributed by atoms with E-state index in [1.165, 1.54) is 9.58 Å². The maximum Gasteiger partial charge on any atom is 0.407 e. The van der Waals surface area contributed by atoms with E-state index in [9.17, 15) is 14.7 Å². The van der Waals surface area contributed by atoms with Gasteiger partial charge in [-0.2, -0.15) is 5.10 Å². The first-order chi connectivity index (χ1) is 13.5. The Hall–Kier alpha value is -2.86. The largest absolute Gasteiger partial charge is 0.465 e. The Balaban J connectivity index is 1.74. The summed E-state index contributed by atoms with van der Waals surface area (Å²) in [6.45, 7) is 0.767. The molecule has 0 unspecified atom stereocenters. The van der Waals surface area contributed by atoms with Crippen LogP contribution in [0.4, 0.5) is 4.79 Å². The van der Waals surface area contributed by atoms with Gasteiger partial charge in [0.1, 0.15) is 0 Å². The molecule has 0 bridgehead atoms. The van der Waals surface area contributed by atoms with Gasteiger partial charge in [-0.25, -0.2) is 9.48 Å². The van der Waals surface area contributed by atoms with E-state index in [0.29, 0.717) is 23.4 Å². The molecule has 1 N–H and O–H groups in total. The number of hydrogen-bond donors (Lipinski definition) is 1. The highest BCUT2D eigenvalue weighted by Gasteiger charge is 2.29. The quantitative estimate of drug-likeness (QED) is 0.726. The summed E-state index contributed by atoms with van der Waals surface area (Å²) in [4.78, 5) is 25.8. The van der Waals surface area contributed by atoms with Crippen molar-refractivity contribution in [1.82, 2.24) is 14.7 Å². The summed E-state index contributed by atoms with van der Waals surface area (Å²) < 4.78 is 1.43. The lowest BCUT2D eigenvalue weighted by Crippen LogP contribution is -2.40. The van der Waals surface area contributed by atoms with Crippen LogP contribution < -0.4 is 5.56 Å². The number of rotatable bonds is 4. The van der Waals surface area contributed by atoms with Crippen LogP contribution in [0.2, 0.25) is 5.02 Å². The van der Waals surface area contributed by atoms with E-state index >= 15 is 0 Å². The number of likely N-dealkylation sites (tertiary alicyclic amines) is 1. The molecule has 4 rings (SSSR count). The summed E-state index contributed by atoms with van der Waals surface area (Å²) in [5, 5.41) is 16.1. The molecule has 1 aromatic heterocycles. The summed E-state index contributed by atoms with van der Waals surface area (Å²) in [5.74, 6) is 0. The summed E-state index contributed by atoms with van der Waals surface area (Å²) in [5.41, 5.74) is 1.64. The van der Waals surface area contributed by atoms with E-state index in [0.717, 1.165) is 29.5 Å². The molecule has 7 heteroatoms. The fourth-order valence-electron chi connectivity index (χ4n) is 3.83. The number of nitrogens with zero attached hydrogens (tertiary/aromatic N) is 3. The van der Waals surface area contributed by atoms with Gasteiger partial charge in [-0.05, 0) is 36.6 Å². The average molecular weight is 398 g/mol. The molecule has 1 atom stereocenters.